The van der Waals surface area contributed by atoms with Gasteiger partial charge in [0.05, 0.1) is 5.69 Å². The molecule has 0 aliphatic heterocycles. The van der Waals surface area contributed by atoms with Gasteiger partial charge in [-0.2, -0.15) is 0 Å². The minimum atomic E-state index is 0.966. The van der Waals surface area contributed by atoms with Gasteiger partial charge in [0.1, 0.15) is 0 Å². The standard InChI is InChI=1S/C23H21N/c1-2-6-17-10-12-18(13-11-17)21-8-5-7-19-15-20(16-22(19)21)23-9-3-4-14-24-23/h3-5,7-14,16H,2,6,15H2,1H3. The fourth-order valence-electron chi connectivity index (χ4n) is 3.48. The van der Waals surface area contributed by atoms with Crippen molar-refractivity contribution in [1.29, 1.82) is 0 Å². The van der Waals surface area contributed by atoms with Crippen LogP contribution < -0.4 is 0 Å². The third kappa shape index (κ3) is 2.78. The molecule has 0 unspecified atom stereocenters. The van der Waals surface area contributed by atoms with Crippen molar-refractivity contribution in [2.75, 3.05) is 0 Å². The van der Waals surface area contributed by atoms with Crippen LogP contribution in [0.1, 0.15) is 35.7 Å². The molecule has 1 heterocycles. The van der Waals surface area contributed by atoms with Gasteiger partial charge in [0.15, 0.2) is 0 Å². The number of fused-ring (bicyclic) bond motifs is 1. The quantitative estimate of drug-likeness (QED) is 0.593. The molecule has 1 heteroatoms. The molecule has 0 saturated heterocycles. The first-order valence-electron chi connectivity index (χ1n) is 8.68. The Hall–Kier alpha value is -2.67. The highest BCUT2D eigenvalue weighted by molar-refractivity contribution is 5.93. The van der Waals surface area contributed by atoms with E-state index in [0.717, 1.165) is 18.5 Å². The summed E-state index contributed by atoms with van der Waals surface area (Å²) in [4.78, 5) is 4.51. The van der Waals surface area contributed by atoms with Crippen molar-refractivity contribution in [1.82, 2.24) is 4.98 Å². The highest BCUT2D eigenvalue weighted by Gasteiger charge is 2.18. The molecule has 0 bridgehead atoms. The first kappa shape index (κ1) is 14.9. The van der Waals surface area contributed by atoms with Crippen molar-refractivity contribution in [2.45, 2.75) is 26.2 Å². The highest BCUT2D eigenvalue weighted by atomic mass is 14.7. The van der Waals surface area contributed by atoms with Gasteiger partial charge in [-0.05, 0) is 58.0 Å². The normalized spacial score (nSPS) is 12.8. The number of benzene rings is 2. The Morgan fingerprint density at radius 3 is 2.54 bits per heavy atom. The van der Waals surface area contributed by atoms with E-state index in [1.165, 1.54) is 39.8 Å². The number of rotatable bonds is 4. The first-order valence-corrected chi connectivity index (χ1v) is 8.68. The van der Waals surface area contributed by atoms with Gasteiger partial charge in [0, 0.05) is 12.6 Å². The van der Waals surface area contributed by atoms with Crippen LogP contribution in [0.15, 0.2) is 66.9 Å². The summed E-state index contributed by atoms with van der Waals surface area (Å²) >= 11 is 0. The summed E-state index contributed by atoms with van der Waals surface area (Å²) in [7, 11) is 0. The van der Waals surface area contributed by atoms with Gasteiger partial charge in [-0.15, -0.1) is 0 Å². The van der Waals surface area contributed by atoms with Crippen LogP contribution in [0.25, 0.3) is 22.8 Å². The van der Waals surface area contributed by atoms with Gasteiger partial charge in [0.25, 0.3) is 0 Å². The summed E-state index contributed by atoms with van der Waals surface area (Å²) in [6, 6.07) is 21.8. The second kappa shape index (κ2) is 6.45. The van der Waals surface area contributed by atoms with Gasteiger partial charge < -0.3 is 0 Å². The summed E-state index contributed by atoms with van der Waals surface area (Å²) in [6.07, 6.45) is 7.49. The lowest BCUT2D eigenvalue weighted by molar-refractivity contribution is 0.922. The summed E-state index contributed by atoms with van der Waals surface area (Å²) in [5, 5.41) is 0. The maximum absolute atomic E-state index is 4.51. The minimum absolute atomic E-state index is 0.966. The molecule has 1 aliphatic rings. The molecule has 24 heavy (non-hydrogen) atoms. The Labute approximate surface area is 143 Å². The van der Waals surface area contributed by atoms with Gasteiger partial charge in [-0.1, -0.05) is 61.9 Å². The largest absolute Gasteiger partial charge is 0.257 e. The average Bonchev–Trinajstić information content (AvgIpc) is 3.08. The highest BCUT2D eigenvalue weighted by Crippen LogP contribution is 2.37. The Balaban J connectivity index is 1.73. The summed E-state index contributed by atoms with van der Waals surface area (Å²) in [5.41, 5.74) is 9.16. The van der Waals surface area contributed by atoms with Crippen LogP contribution in [0.3, 0.4) is 0 Å². The Morgan fingerprint density at radius 2 is 1.79 bits per heavy atom. The van der Waals surface area contributed by atoms with E-state index in [1.807, 2.05) is 12.3 Å². The third-order valence-corrected chi connectivity index (χ3v) is 4.69. The SMILES string of the molecule is CCCc1ccc(-c2cccc3c2C=C(c2ccccn2)C3)cc1. The topological polar surface area (TPSA) is 12.9 Å². The number of aryl methyl sites for hydroxylation is 1. The zero-order valence-electron chi connectivity index (χ0n) is 14.0. The maximum Gasteiger partial charge on any atom is 0.0665 e. The first-order chi connectivity index (χ1) is 11.8. The van der Waals surface area contributed by atoms with Gasteiger partial charge in [-0.3, -0.25) is 4.98 Å². The lowest BCUT2D eigenvalue weighted by atomic mass is 9.96. The summed E-state index contributed by atoms with van der Waals surface area (Å²) in [6.45, 7) is 2.22. The molecule has 0 saturated carbocycles. The number of aromatic nitrogens is 1. The molecule has 0 N–H and O–H groups in total. The summed E-state index contributed by atoms with van der Waals surface area (Å²) in [5.74, 6) is 0. The lowest BCUT2D eigenvalue weighted by Gasteiger charge is -2.08. The van der Waals surface area contributed by atoms with Crippen LogP contribution in [0.2, 0.25) is 0 Å². The van der Waals surface area contributed by atoms with E-state index in [1.54, 1.807) is 0 Å². The molecule has 2 aromatic carbocycles. The smallest absolute Gasteiger partial charge is 0.0665 e. The molecule has 0 radical (unpaired) electrons. The Bertz CT molecular complexity index is 874. The fourth-order valence-corrected chi connectivity index (χ4v) is 3.48. The number of hydrogen-bond acceptors (Lipinski definition) is 1. The predicted molar refractivity (Wildman–Crippen MR) is 102 cm³/mol. The molecule has 0 amide bonds. The number of nitrogens with zero attached hydrogens (tertiary/aromatic N) is 1. The van der Waals surface area contributed by atoms with Gasteiger partial charge >= 0.3 is 0 Å². The molecule has 1 nitrogen and oxygen atoms in total. The molecule has 0 fully saturated rings. The number of hydrogen-bond donors (Lipinski definition) is 0. The van der Waals surface area contributed by atoms with Crippen molar-refractivity contribution in [3.63, 3.8) is 0 Å². The van der Waals surface area contributed by atoms with Gasteiger partial charge in [-0.25, -0.2) is 0 Å². The molecule has 1 aromatic heterocycles. The minimum Gasteiger partial charge on any atom is -0.257 e. The van der Waals surface area contributed by atoms with Crippen molar-refractivity contribution < 1.29 is 0 Å². The van der Waals surface area contributed by atoms with Crippen molar-refractivity contribution >= 4 is 11.6 Å². The average molecular weight is 311 g/mol. The van der Waals surface area contributed by atoms with Crippen LogP contribution in [0.5, 0.6) is 0 Å². The van der Waals surface area contributed by atoms with Crippen LogP contribution in [-0.4, -0.2) is 4.98 Å². The van der Waals surface area contributed by atoms with Crippen LogP contribution in [0, 0.1) is 0 Å². The summed E-state index contributed by atoms with van der Waals surface area (Å²) < 4.78 is 0. The molecule has 0 atom stereocenters. The Kier molecular flexibility index (Phi) is 4.00. The monoisotopic (exact) mass is 311 g/mol. The van der Waals surface area contributed by atoms with E-state index in [9.17, 15) is 0 Å². The molecule has 3 aromatic rings. The number of allylic oxidation sites excluding steroid dienone is 1. The van der Waals surface area contributed by atoms with Gasteiger partial charge in [0.2, 0.25) is 0 Å². The van der Waals surface area contributed by atoms with E-state index >= 15 is 0 Å². The van der Waals surface area contributed by atoms with Crippen molar-refractivity contribution in [3.05, 3.63) is 89.2 Å². The van der Waals surface area contributed by atoms with E-state index in [-0.39, 0.29) is 0 Å². The number of pyridine rings is 1. The molecular formula is C23H21N. The van der Waals surface area contributed by atoms with Crippen molar-refractivity contribution in [2.24, 2.45) is 0 Å². The third-order valence-electron chi connectivity index (χ3n) is 4.69. The lowest BCUT2D eigenvalue weighted by Crippen LogP contribution is -1.89. The molecule has 4 rings (SSSR count). The molecular weight excluding hydrogens is 290 g/mol. The Morgan fingerprint density at radius 1 is 0.917 bits per heavy atom. The molecule has 0 spiro atoms. The van der Waals surface area contributed by atoms with Crippen LogP contribution in [0.4, 0.5) is 0 Å². The van der Waals surface area contributed by atoms with E-state index < -0.39 is 0 Å². The zero-order valence-corrected chi connectivity index (χ0v) is 14.0. The van der Waals surface area contributed by atoms with Crippen LogP contribution >= 0.6 is 0 Å². The zero-order chi connectivity index (χ0) is 16.4. The molecule has 118 valence electrons. The predicted octanol–water partition coefficient (Wildman–Crippen LogP) is 5.80. The second-order valence-electron chi connectivity index (χ2n) is 6.39. The maximum atomic E-state index is 4.51. The molecule has 1 aliphatic carbocycles. The fraction of sp³-hybridized carbons (Fsp3) is 0.174. The van der Waals surface area contributed by atoms with Crippen LogP contribution in [-0.2, 0) is 12.8 Å². The van der Waals surface area contributed by atoms with E-state index in [0.29, 0.717) is 0 Å². The second-order valence-corrected chi connectivity index (χ2v) is 6.39. The van der Waals surface area contributed by atoms with E-state index in [4.69, 9.17) is 0 Å². The van der Waals surface area contributed by atoms with Crippen molar-refractivity contribution in [3.8, 4) is 11.1 Å². The van der Waals surface area contributed by atoms with E-state index in [2.05, 4.69) is 72.6 Å².